The highest BCUT2D eigenvalue weighted by atomic mass is 16.1. The van der Waals surface area contributed by atoms with Crippen LogP contribution in [0, 0.1) is 5.92 Å². The Balaban J connectivity index is 1.95. The number of amides is 1. The van der Waals surface area contributed by atoms with E-state index in [9.17, 15) is 4.79 Å². The molecular formula is C28H25N5O. The lowest BCUT2D eigenvalue weighted by molar-refractivity contribution is 0.100. The van der Waals surface area contributed by atoms with Crippen molar-refractivity contribution in [2.45, 2.75) is 0 Å². The fourth-order valence-corrected chi connectivity index (χ4v) is 3.49. The largest absolute Gasteiger partial charge is 0.366 e. The van der Waals surface area contributed by atoms with Gasteiger partial charge in [-0.15, -0.1) is 5.10 Å². The Morgan fingerprint density at radius 2 is 1.44 bits per heavy atom. The van der Waals surface area contributed by atoms with Crippen LogP contribution < -0.4 is 16.6 Å². The highest BCUT2D eigenvalue weighted by Crippen LogP contribution is 2.21. The maximum absolute atomic E-state index is 11.9. The third-order valence-electron chi connectivity index (χ3n) is 5.10. The molecule has 0 saturated carbocycles. The number of carbonyl (C=O) groups is 1. The number of carbonyl (C=O) groups excluding carboxylic acids is 1. The molecule has 0 aromatic heterocycles. The minimum absolute atomic E-state index is 0.101. The van der Waals surface area contributed by atoms with Gasteiger partial charge in [-0.3, -0.25) is 4.79 Å². The molecule has 6 nitrogen and oxygen atoms in total. The zero-order valence-electron chi connectivity index (χ0n) is 18.6. The van der Waals surface area contributed by atoms with Gasteiger partial charge in [0.05, 0.1) is 5.35 Å². The molecule has 0 radical (unpaired) electrons. The van der Waals surface area contributed by atoms with E-state index in [0.717, 1.165) is 16.4 Å². The molecule has 1 amide bonds. The summed E-state index contributed by atoms with van der Waals surface area (Å²) in [7, 11) is 0. The van der Waals surface area contributed by atoms with E-state index >= 15 is 0 Å². The molecule has 3 heterocycles. The van der Waals surface area contributed by atoms with Crippen molar-refractivity contribution in [2.75, 3.05) is 0 Å². The molecule has 0 spiro atoms. The van der Waals surface area contributed by atoms with Crippen LogP contribution >= 0.6 is 0 Å². The number of rotatable bonds is 1. The number of nitrogens with two attached hydrogens (primary N) is 1. The summed E-state index contributed by atoms with van der Waals surface area (Å²) >= 11 is 0. The Morgan fingerprint density at radius 3 is 2.15 bits per heavy atom. The van der Waals surface area contributed by atoms with Gasteiger partial charge >= 0.3 is 0 Å². The molecule has 1 atom stereocenters. The fraction of sp³-hybridized carbons (Fsp3) is 0.0357. The van der Waals surface area contributed by atoms with Crippen molar-refractivity contribution in [3.8, 4) is 0 Å². The smallest absolute Gasteiger partial charge is 0.248 e. The van der Waals surface area contributed by atoms with Gasteiger partial charge in [0.1, 0.15) is 0 Å². The number of tetrazole rings is 1. The molecule has 2 N–H and O–H groups in total. The Hall–Kier alpha value is -4.71. The number of nitrogens with zero attached hydrogens (tertiary/aromatic N) is 4. The molecule has 1 aliphatic carbocycles. The van der Waals surface area contributed by atoms with E-state index in [-0.39, 0.29) is 5.92 Å². The summed E-state index contributed by atoms with van der Waals surface area (Å²) < 4.78 is 1.93. The third kappa shape index (κ3) is 5.55. The Morgan fingerprint density at radius 1 is 0.794 bits per heavy atom. The standard InChI is InChI=1S/C28H25N5O/c29-27(34)23-16-11-9-7-5-3-1-2-4-6-8-10-14-21-32-31-30-28-26-20-13-12-17-24(26)22-25(33(28)32)19-15-18-23/h1-22,24H,(H2,29,34). The lowest BCUT2D eigenvalue weighted by atomic mass is 9.93. The normalized spacial score (nSPS) is 14.4. The molecule has 34 heavy (non-hydrogen) atoms. The van der Waals surface area contributed by atoms with Crippen molar-refractivity contribution in [2.24, 2.45) is 11.7 Å². The molecule has 168 valence electrons. The van der Waals surface area contributed by atoms with Gasteiger partial charge in [-0.2, -0.15) is 4.79 Å². The summed E-state index contributed by atoms with van der Waals surface area (Å²) in [5.74, 6) is -0.398. The highest BCUT2D eigenvalue weighted by molar-refractivity contribution is 5.92. The lowest BCUT2D eigenvalue weighted by Gasteiger charge is -2.17. The van der Waals surface area contributed by atoms with Crippen LogP contribution in [0.2, 0.25) is 0 Å². The molecule has 6 heteroatoms. The van der Waals surface area contributed by atoms with Crippen LogP contribution in [0.4, 0.5) is 0 Å². The third-order valence-corrected chi connectivity index (χ3v) is 5.10. The first kappa shape index (κ1) is 22.5. The summed E-state index contributed by atoms with van der Waals surface area (Å²) in [6, 6.07) is 30.0. The van der Waals surface area contributed by atoms with Gasteiger partial charge in [0, 0.05) is 23.3 Å². The second-order valence-corrected chi connectivity index (χ2v) is 7.43. The topological polar surface area (TPSA) is 78.7 Å². The van der Waals surface area contributed by atoms with Crippen LogP contribution in [-0.2, 0) is 0 Å². The average molecular weight is 448 g/mol. The Bertz CT molecular complexity index is 1460. The summed E-state index contributed by atoms with van der Waals surface area (Å²) in [5, 5.41) is 9.63. The predicted octanol–water partition coefficient (Wildman–Crippen LogP) is 3.11. The highest BCUT2D eigenvalue weighted by Gasteiger charge is 2.18. The van der Waals surface area contributed by atoms with E-state index in [1.807, 2.05) is 102 Å². The molecule has 0 aromatic carbocycles. The minimum Gasteiger partial charge on any atom is -0.366 e. The zero-order valence-corrected chi connectivity index (χ0v) is 18.6. The van der Waals surface area contributed by atoms with Crippen LogP contribution in [0.5, 0.6) is 0 Å². The minimum atomic E-state index is -0.499. The van der Waals surface area contributed by atoms with Gasteiger partial charge in [0.15, 0.2) is 5.48 Å². The predicted molar refractivity (Wildman–Crippen MR) is 134 cm³/mol. The molecule has 0 fully saturated rings. The monoisotopic (exact) mass is 447 g/mol. The van der Waals surface area contributed by atoms with Crippen LogP contribution in [-0.4, -0.2) is 25.7 Å². The van der Waals surface area contributed by atoms with E-state index in [1.54, 1.807) is 23.0 Å². The molecular weight excluding hydrogens is 422 g/mol. The molecule has 0 saturated heterocycles. The summed E-state index contributed by atoms with van der Waals surface area (Å²) in [5.41, 5.74) is 7.79. The molecule has 3 aliphatic heterocycles. The van der Waals surface area contributed by atoms with Crippen molar-refractivity contribution >= 4 is 17.6 Å². The summed E-state index contributed by atoms with van der Waals surface area (Å²) in [6.07, 6.45) is 12.2. The first-order chi connectivity index (χ1) is 16.7. The second-order valence-electron chi connectivity index (χ2n) is 7.43. The Labute approximate surface area is 197 Å². The summed E-state index contributed by atoms with van der Waals surface area (Å²) in [6.45, 7) is 0. The first-order valence-corrected chi connectivity index (χ1v) is 10.9. The van der Waals surface area contributed by atoms with Crippen molar-refractivity contribution < 1.29 is 4.79 Å². The van der Waals surface area contributed by atoms with E-state index in [4.69, 9.17) is 5.73 Å². The lowest BCUT2D eigenvalue weighted by Crippen LogP contribution is -2.39. The van der Waals surface area contributed by atoms with Gasteiger partial charge in [-0.25, -0.2) is 4.68 Å². The van der Waals surface area contributed by atoms with E-state index in [2.05, 4.69) is 28.5 Å². The maximum atomic E-state index is 11.9. The molecule has 0 aromatic rings. The number of fused-ring (bicyclic) bond motifs is 1. The number of primary amides is 1. The number of hydrogen-bond donors (Lipinski definition) is 1. The van der Waals surface area contributed by atoms with Gasteiger partial charge in [-0.1, -0.05) is 97.1 Å². The van der Waals surface area contributed by atoms with Crippen LogP contribution in [0.1, 0.15) is 10.4 Å². The fourth-order valence-electron chi connectivity index (χ4n) is 3.49. The van der Waals surface area contributed by atoms with Crippen molar-refractivity contribution in [3.63, 3.8) is 0 Å². The molecule has 4 aliphatic rings. The van der Waals surface area contributed by atoms with E-state index in [0.29, 0.717) is 5.56 Å². The van der Waals surface area contributed by atoms with Crippen molar-refractivity contribution in [1.82, 2.24) is 19.8 Å². The van der Waals surface area contributed by atoms with Gasteiger partial charge in [0.25, 0.3) is 0 Å². The quantitative estimate of drug-likeness (QED) is 0.730. The van der Waals surface area contributed by atoms with Crippen molar-refractivity contribution in [1.29, 1.82) is 0 Å². The molecule has 0 bridgehead atoms. The number of hydrogen-bond acceptors (Lipinski definition) is 3. The van der Waals surface area contributed by atoms with Gasteiger partial charge in [0.2, 0.25) is 5.91 Å². The van der Waals surface area contributed by atoms with Gasteiger partial charge < -0.3 is 5.73 Å². The summed E-state index contributed by atoms with van der Waals surface area (Å²) in [4.78, 5) is 13.6. The maximum Gasteiger partial charge on any atom is 0.248 e. The first-order valence-electron chi connectivity index (χ1n) is 10.9. The number of aromatic nitrogens is 4. The Kier molecular flexibility index (Phi) is 7.43. The van der Waals surface area contributed by atoms with Gasteiger partial charge in [-0.05, 0) is 35.6 Å². The second kappa shape index (κ2) is 11.2. The van der Waals surface area contributed by atoms with E-state index < -0.39 is 5.91 Å². The SMILES string of the molecule is NC(=O)c1ccccccccccccccn2nnc3n-2c(ccc1)=CC1C=CC=CC=31. The van der Waals surface area contributed by atoms with Crippen LogP contribution in [0.3, 0.4) is 0 Å². The molecule has 4 rings (SSSR count). The van der Waals surface area contributed by atoms with Crippen molar-refractivity contribution in [3.05, 3.63) is 144 Å². The number of allylic oxidation sites excluding steroid dienone is 4. The average Bonchev–Trinajstić information content (AvgIpc) is 3.27. The zero-order chi connectivity index (χ0) is 23.6. The molecule has 1 unspecified atom stereocenters. The van der Waals surface area contributed by atoms with E-state index in [1.165, 1.54) is 0 Å². The van der Waals surface area contributed by atoms with Crippen LogP contribution in [0.15, 0.2) is 128 Å². The van der Waals surface area contributed by atoms with Crippen LogP contribution in [0.25, 0.3) is 11.6 Å².